The predicted molar refractivity (Wildman–Crippen MR) is 107 cm³/mol. The van der Waals surface area contributed by atoms with Crippen molar-refractivity contribution in [3.8, 4) is 11.3 Å². The minimum atomic E-state index is -4.46. The summed E-state index contributed by atoms with van der Waals surface area (Å²) in [5, 5.41) is 7.28. The van der Waals surface area contributed by atoms with Gasteiger partial charge in [0.1, 0.15) is 10.7 Å². The number of aromatic nitrogens is 3. The molecule has 0 aliphatic carbocycles. The number of carbonyl (C=O) groups is 1. The van der Waals surface area contributed by atoms with Gasteiger partial charge in [0, 0.05) is 16.3 Å². The van der Waals surface area contributed by atoms with Crippen LogP contribution in [0.1, 0.15) is 28.0 Å². The average Bonchev–Trinajstić information content (AvgIpc) is 3.33. The van der Waals surface area contributed by atoms with Crippen molar-refractivity contribution < 1.29 is 22.7 Å². The number of benzene rings is 2. The molecular weight excluding hydrogens is 415 g/mol. The summed E-state index contributed by atoms with van der Waals surface area (Å²) in [6.45, 7) is 2.06. The molecule has 0 radical (unpaired) electrons. The number of ether oxygens (including phenoxy) is 1. The van der Waals surface area contributed by atoms with Gasteiger partial charge in [0.2, 0.25) is 0 Å². The highest BCUT2D eigenvalue weighted by Crippen LogP contribution is 2.35. The monoisotopic (exact) mass is 431 g/mol. The van der Waals surface area contributed by atoms with E-state index in [4.69, 9.17) is 4.74 Å². The van der Waals surface area contributed by atoms with Crippen molar-refractivity contribution in [2.75, 3.05) is 6.61 Å². The Morgan fingerprint density at radius 3 is 2.63 bits per heavy atom. The first-order chi connectivity index (χ1) is 14.4. The fraction of sp³-hybridized carbons (Fsp3) is 0.190. The van der Waals surface area contributed by atoms with E-state index in [9.17, 15) is 18.0 Å². The van der Waals surface area contributed by atoms with Crippen LogP contribution in [0.25, 0.3) is 22.2 Å². The van der Waals surface area contributed by atoms with Gasteiger partial charge >= 0.3 is 12.1 Å². The standard InChI is InChI=1S/C21H16F3N3O2S/c1-2-29-20(28)16-12-30-18(25-16)11-27-17-10-14(21(22,23)24)8-9-15(17)19(26-27)13-6-4-3-5-7-13/h3-10,12H,2,11H2,1H3. The van der Waals surface area contributed by atoms with E-state index in [1.54, 1.807) is 12.3 Å². The molecule has 0 atom stereocenters. The molecule has 4 aromatic rings. The minimum Gasteiger partial charge on any atom is -0.461 e. The van der Waals surface area contributed by atoms with Gasteiger partial charge in [-0.1, -0.05) is 30.3 Å². The number of alkyl halides is 3. The zero-order chi connectivity index (χ0) is 21.3. The lowest BCUT2D eigenvalue weighted by Gasteiger charge is -2.07. The lowest BCUT2D eigenvalue weighted by atomic mass is 10.1. The van der Waals surface area contributed by atoms with E-state index < -0.39 is 17.7 Å². The molecule has 5 nitrogen and oxygen atoms in total. The van der Waals surface area contributed by atoms with E-state index >= 15 is 0 Å². The molecule has 0 saturated heterocycles. The number of fused-ring (bicyclic) bond motifs is 1. The second-order valence-corrected chi connectivity index (χ2v) is 7.39. The molecule has 30 heavy (non-hydrogen) atoms. The van der Waals surface area contributed by atoms with Gasteiger partial charge in [-0.15, -0.1) is 11.3 Å². The van der Waals surface area contributed by atoms with Crippen LogP contribution in [0.5, 0.6) is 0 Å². The van der Waals surface area contributed by atoms with Crippen LogP contribution in [0.4, 0.5) is 13.2 Å². The third-order valence-corrected chi connectivity index (χ3v) is 5.28. The number of halogens is 3. The van der Waals surface area contributed by atoms with Gasteiger partial charge in [-0.2, -0.15) is 18.3 Å². The maximum Gasteiger partial charge on any atom is 0.416 e. The van der Waals surface area contributed by atoms with Crippen molar-refractivity contribution in [2.24, 2.45) is 0 Å². The van der Waals surface area contributed by atoms with E-state index in [1.807, 2.05) is 30.3 Å². The topological polar surface area (TPSA) is 57.0 Å². The van der Waals surface area contributed by atoms with Crippen LogP contribution in [-0.2, 0) is 17.5 Å². The molecule has 9 heteroatoms. The molecule has 0 saturated carbocycles. The van der Waals surface area contributed by atoms with Gasteiger partial charge in [-0.3, -0.25) is 4.68 Å². The highest BCUT2D eigenvalue weighted by molar-refractivity contribution is 7.09. The molecule has 2 aromatic carbocycles. The number of esters is 1. The zero-order valence-corrected chi connectivity index (χ0v) is 16.6. The number of thiazole rings is 1. The first-order valence-corrected chi connectivity index (χ1v) is 9.99. The van der Waals surface area contributed by atoms with Gasteiger partial charge in [0.05, 0.1) is 24.2 Å². The van der Waals surface area contributed by atoms with E-state index in [1.165, 1.54) is 22.1 Å². The summed E-state index contributed by atoms with van der Waals surface area (Å²) in [7, 11) is 0. The Balaban J connectivity index is 1.79. The molecule has 0 N–H and O–H groups in total. The Labute approximate surface area is 173 Å². The molecule has 2 heterocycles. The van der Waals surface area contributed by atoms with Crippen LogP contribution < -0.4 is 0 Å². The summed E-state index contributed by atoms with van der Waals surface area (Å²) in [5.41, 5.74) is 1.15. The van der Waals surface area contributed by atoms with Crippen LogP contribution in [-0.4, -0.2) is 27.3 Å². The molecule has 0 spiro atoms. The molecule has 0 amide bonds. The highest BCUT2D eigenvalue weighted by Gasteiger charge is 2.31. The van der Waals surface area contributed by atoms with Gasteiger partial charge in [-0.25, -0.2) is 9.78 Å². The Bertz CT molecular complexity index is 1200. The molecule has 0 unspecified atom stereocenters. The number of rotatable bonds is 5. The molecule has 0 fully saturated rings. The maximum atomic E-state index is 13.3. The van der Waals surface area contributed by atoms with Crippen molar-refractivity contribution in [1.29, 1.82) is 0 Å². The third kappa shape index (κ3) is 3.93. The zero-order valence-electron chi connectivity index (χ0n) is 15.8. The molecule has 0 aliphatic heterocycles. The first kappa shape index (κ1) is 20.1. The van der Waals surface area contributed by atoms with Crippen molar-refractivity contribution in [3.63, 3.8) is 0 Å². The van der Waals surface area contributed by atoms with Gasteiger partial charge < -0.3 is 4.74 Å². The van der Waals surface area contributed by atoms with Crippen LogP contribution in [0, 0.1) is 0 Å². The molecule has 2 aromatic heterocycles. The number of carbonyl (C=O) groups excluding carboxylic acids is 1. The van der Waals surface area contributed by atoms with E-state index in [2.05, 4.69) is 10.1 Å². The molecule has 154 valence electrons. The van der Waals surface area contributed by atoms with Gasteiger partial charge in [0.15, 0.2) is 5.69 Å². The van der Waals surface area contributed by atoms with E-state index in [0.717, 1.165) is 17.7 Å². The fourth-order valence-corrected chi connectivity index (χ4v) is 3.83. The summed E-state index contributed by atoms with van der Waals surface area (Å²) >= 11 is 1.23. The number of hydrogen-bond donors (Lipinski definition) is 0. The molecule has 4 rings (SSSR count). The second-order valence-electron chi connectivity index (χ2n) is 6.45. The summed E-state index contributed by atoms with van der Waals surface area (Å²) in [6.07, 6.45) is -4.46. The minimum absolute atomic E-state index is 0.134. The second kappa shape index (κ2) is 7.91. The van der Waals surface area contributed by atoms with Crippen molar-refractivity contribution >= 4 is 28.2 Å². The average molecular weight is 431 g/mol. The van der Waals surface area contributed by atoms with Crippen molar-refractivity contribution in [2.45, 2.75) is 19.6 Å². The van der Waals surface area contributed by atoms with Gasteiger partial charge in [-0.05, 0) is 25.1 Å². The Morgan fingerprint density at radius 1 is 1.17 bits per heavy atom. The molecular formula is C21H16F3N3O2S. The Hall–Kier alpha value is -3.20. The third-order valence-electron chi connectivity index (χ3n) is 4.45. The molecule has 0 bridgehead atoms. The fourth-order valence-electron chi connectivity index (χ4n) is 3.09. The highest BCUT2D eigenvalue weighted by atomic mass is 32.1. The van der Waals surface area contributed by atoms with E-state index in [0.29, 0.717) is 21.6 Å². The van der Waals surface area contributed by atoms with Crippen LogP contribution in [0.2, 0.25) is 0 Å². The SMILES string of the molecule is CCOC(=O)c1csc(Cn2nc(-c3ccccc3)c3ccc(C(F)(F)F)cc32)n1. The normalized spacial score (nSPS) is 11.7. The summed E-state index contributed by atoms with van der Waals surface area (Å²) < 4.78 is 46.3. The lowest BCUT2D eigenvalue weighted by Crippen LogP contribution is -2.07. The van der Waals surface area contributed by atoms with Gasteiger partial charge in [0.25, 0.3) is 0 Å². The summed E-state index contributed by atoms with van der Waals surface area (Å²) in [5.74, 6) is -0.533. The van der Waals surface area contributed by atoms with Crippen molar-refractivity contribution in [3.05, 3.63) is 70.2 Å². The predicted octanol–water partition coefficient (Wildman–Crippen LogP) is 5.40. The van der Waals surface area contributed by atoms with E-state index in [-0.39, 0.29) is 18.8 Å². The molecule has 0 aliphatic rings. The first-order valence-electron chi connectivity index (χ1n) is 9.11. The van der Waals surface area contributed by atoms with Crippen molar-refractivity contribution in [1.82, 2.24) is 14.8 Å². The van der Waals surface area contributed by atoms with Crippen LogP contribution in [0.15, 0.2) is 53.9 Å². The Kier molecular flexibility index (Phi) is 5.29. The summed E-state index contributed by atoms with van der Waals surface area (Å²) in [6, 6.07) is 12.8. The smallest absolute Gasteiger partial charge is 0.416 e. The number of hydrogen-bond acceptors (Lipinski definition) is 5. The Morgan fingerprint density at radius 2 is 1.93 bits per heavy atom. The quantitative estimate of drug-likeness (QED) is 0.397. The van der Waals surface area contributed by atoms with Crippen LogP contribution in [0.3, 0.4) is 0 Å². The largest absolute Gasteiger partial charge is 0.461 e. The van der Waals surface area contributed by atoms with Crippen LogP contribution >= 0.6 is 11.3 Å². The maximum absolute atomic E-state index is 13.3. The number of nitrogens with zero attached hydrogens (tertiary/aromatic N) is 3. The lowest BCUT2D eigenvalue weighted by molar-refractivity contribution is -0.137. The summed E-state index contributed by atoms with van der Waals surface area (Å²) in [4.78, 5) is 16.1.